The van der Waals surface area contributed by atoms with Crippen LogP contribution in [0.2, 0.25) is 0 Å². The van der Waals surface area contributed by atoms with Crippen LogP contribution in [-0.4, -0.2) is 9.36 Å². The summed E-state index contributed by atoms with van der Waals surface area (Å²) in [5.74, 6) is 1.65. The van der Waals surface area contributed by atoms with Gasteiger partial charge in [0.15, 0.2) is 0 Å². The van der Waals surface area contributed by atoms with Gasteiger partial charge in [-0.15, -0.1) is 0 Å². The van der Waals surface area contributed by atoms with E-state index in [0.717, 1.165) is 22.0 Å². The van der Waals surface area contributed by atoms with Gasteiger partial charge in [-0.05, 0) is 24.5 Å². The molecular weight excluding hydrogens is 298 g/mol. The van der Waals surface area contributed by atoms with E-state index < -0.39 is 0 Å². The Hall–Kier alpha value is -0.940. The van der Waals surface area contributed by atoms with E-state index >= 15 is 0 Å². The number of nitrogens with one attached hydrogen (secondary N) is 1. The average molecular weight is 310 g/mol. The van der Waals surface area contributed by atoms with Crippen LogP contribution < -0.4 is 5.32 Å². The summed E-state index contributed by atoms with van der Waals surface area (Å²) in [4.78, 5) is 4.50. The van der Waals surface area contributed by atoms with Crippen LogP contribution in [0, 0.1) is 0 Å². The minimum atomic E-state index is 0.630. The second kappa shape index (κ2) is 4.74. The number of anilines is 1. The molecule has 0 saturated heterocycles. The molecule has 88 valence electrons. The Morgan fingerprint density at radius 2 is 2.18 bits per heavy atom. The maximum atomic E-state index is 4.50. The molecule has 0 unspecified atom stereocenters. The first kappa shape index (κ1) is 11.2. The summed E-state index contributed by atoms with van der Waals surface area (Å²) in [6.45, 7) is 0.778. The lowest BCUT2D eigenvalue weighted by Crippen LogP contribution is -1.99. The zero-order valence-electron chi connectivity index (χ0n) is 9.19. The van der Waals surface area contributed by atoms with Crippen molar-refractivity contribution in [3.8, 4) is 0 Å². The van der Waals surface area contributed by atoms with Gasteiger partial charge in [-0.1, -0.05) is 34.1 Å². The van der Waals surface area contributed by atoms with Crippen molar-refractivity contribution in [1.82, 2.24) is 9.36 Å². The van der Waals surface area contributed by atoms with Crippen molar-refractivity contribution in [2.75, 3.05) is 5.32 Å². The van der Waals surface area contributed by atoms with Crippen LogP contribution in [0.1, 0.15) is 30.1 Å². The molecule has 1 fully saturated rings. The van der Waals surface area contributed by atoms with E-state index in [2.05, 4.69) is 36.7 Å². The highest BCUT2D eigenvalue weighted by Crippen LogP contribution is 2.39. The Morgan fingerprint density at radius 3 is 2.94 bits per heavy atom. The van der Waals surface area contributed by atoms with E-state index in [0.29, 0.717) is 5.92 Å². The van der Waals surface area contributed by atoms with Gasteiger partial charge in [-0.3, -0.25) is 0 Å². The maximum absolute atomic E-state index is 4.50. The summed E-state index contributed by atoms with van der Waals surface area (Å²) in [6, 6.07) is 8.20. The molecular formula is C12H12BrN3S. The Labute approximate surface area is 113 Å². The molecule has 5 heteroatoms. The lowest BCUT2D eigenvalue weighted by atomic mass is 10.2. The second-order valence-electron chi connectivity index (χ2n) is 4.18. The molecule has 0 atom stereocenters. The van der Waals surface area contributed by atoms with E-state index in [1.807, 2.05) is 18.2 Å². The van der Waals surface area contributed by atoms with E-state index in [1.165, 1.54) is 29.9 Å². The molecule has 1 aliphatic rings. The summed E-state index contributed by atoms with van der Waals surface area (Å²) in [5, 5.41) is 4.24. The number of aromatic nitrogens is 2. The first-order chi connectivity index (χ1) is 8.33. The number of hydrogen-bond donors (Lipinski definition) is 1. The zero-order valence-corrected chi connectivity index (χ0v) is 11.6. The summed E-state index contributed by atoms with van der Waals surface area (Å²) >= 11 is 4.99. The summed E-state index contributed by atoms with van der Waals surface area (Å²) in [5.41, 5.74) is 1.23. The summed E-state index contributed by atoms with van der Waals surface area (Å²) < 4.78 is 5.49. The lowest BCUT2D eigenvalue weighted by molar-refractivity contribution is 0.979. The molecule has 2 aromatic rings. The smallest absolute Gasteiger partial charge is 0.202 e. The molecule has 0 amide bonds. The van der Waals surface area contributed by atoms with Crippen LogP contribution in [0.4, 0.5) is 5.13 Å². The highest BCUT2D eigenvalue weighted by molar-refractivity contribution is 9.10. The number of benzene rings is 1. The largest absolute Gasteiger partial charge is 0.356 e. The molecule has 1 aromatic heterocycles. The number of nitrogens with zero attached hydrogens (tertiary/aromatic N) is 2. The fourth-order valence-electron chi connectivity index (χ4n) is 1.63. The highest BCUT2D eigenvalue weighted by atomic mass is 79.9. The Balaban J connectivity index is 1.65. The quantitative estimate of drug-likeness (QED) is 0.933. The fourth-order valence-corrected chi connectivity index (χ4v) is 2.69. The van der Waals surface area contributed by atoms with Crippen molar-refractivity contribution < 1.29 is 0 Å². The lowest BCUT2D eigenvalue weighted by Gasteiger charge is -2.04. The Morgan fingerprint density at radius 1 is 1.35 bits per heavy atom. The Kier molecular flexibility index (Phi) is 3.11. The van der Waals surface area contributed by atoms with Crippen LogP contribution in [0.25, 0.3) is 0 Å². The maximum Gasteiger partial charge on any atom is 0.202 e. The van der Waals surface area contributed by atoms with E-state index in [1.54, 1.807) is 0 Å². The Bertz CT molecular complexity index is 522. The predicted octanol–water partition coefficient (Wildman–Crippen LogP) is 3.79. The van der Waals surface area contributed by atoms with Crippen molar-refractivity contribution in [2.45, 2.75) is 25.3 Å². The molecule has 0 bridgehead atoms. The van der Waals surface area contributed by atoms with Gasteiger partial charge in [0.1, 0.15) is 5.82 Å². The van der Waals surface area contributed by atoms with Gasteiger partial charge in [0, 0.05) is 28.5 Å². The molecule has 0 aliphatic heterocycles. The van der Waals surface area contributed by atoms with Crippen molar-refractivity contribution in [1.29, 1.82) is 0 Å². The van der Waals surface area contributed by atoms with E-state index in [-0.39, 0.29) is 0 Å². The molecule has 0 radical (unpaired) electrons. The van der Waals surface area contributed by atoms with Gasteiger partial charge in [0.2, 0.25) is 5.13 Å². The third kappa shape index (κ3) is 2.66. The van der Waals surface area contributed by atoms with Crippen LogP contribution in [0.15, 0.2) is 28.7 Å². The normalized spacial score (nSPS) is 14.9. The zero-order chi connectivity index (χ0) is 11.7. The number of rotatable bonds is 4. The number of hydrogen-bond acceptors (Lipinski definition) is 4. The SMILES string of the molecule is Brc1ccccc1CNc1nc(C2CC2)ns1. The third-order valence-corrected chi connectivity index (χ3v) is 4.23. The van der Waals surface area contributed by atoms with Gasteiger partial charge >= 0.3 is 0 Å². The van der Waals surface area contributed by atoms with Crippen molar-refractivity contribution in [2.24, 2.45) is 0 Å². The average Bonchev–Trinajstić information content (AvgIpc) is 3.08. The molecule has 1 N–H and O–H groups in total. The monoisotopic (exact) mass is 309 g/mol. The third-order valence-electron chi connectivity index (χ3n) is 2.77. The van der Waals surface area contributed by atoms with Crippen LogP contribution >= 0.6 is 27.5 Å². The van der Waals surface area contributed by atoms with Crippen molar-refractivity contribution in [3.05, 3.63) is 40.1 Å². The molecule has 1 aliphatic carbocycles. The minimum absolute atomic E-state index is 0.630. The molecule has 1 saturated carbocycles. The molecule has 3 nitrogen and oxygen atoms in total. The number of halogens is 1. The minimum Gasteiger partial charge on any atom is -0.356 e. The van der Waals surface area contributed by atoms with Gasteiger partial charge in [-0.25, -0.2) is 4.98 Å². The first-order valence-corrected chi connectivity index (χ1v) is 7.20. The molecule has 3 rings (SSSR count). The van der Waals surface area contributed by atoms with Gasteiger partial charge in [0.25, 0.3) is 0 Å². The fraction of sp³-hybridized carbons (Fsp3) is 0.333. The van der Waals surface area contributed by atoms with Gasteiger partial charge in [0.05, 0.1) is 0 Å². The molecule has 1 heterocycles. The summed E-state index contributed by atoms with van der Waals surface area (Å²) in [6.07, 6.45) is 2.50. The second-order valence-corrected chi connectivity index (χ2v) is 5.78. The standard InChI is InChI=1S/C12H12BrN3S/c13-10-4-2-1-3-9(10)7-14-12-15-11(16-17-12)8-5-6-8/h1-4,8H,5-7H2,(H,14,15,16). The van der Waals surface area contributed by atoms with Crippen LogP contribution in [-0.2, 0) is 6.54 Å². The van der Waals surface area contributed by atoms with Crippen molar-refractivity contribution in [3.63, 3.8) is 0 Å². The molecule has 1 aromatic carbocycles. The van der Waals surface area contributed by atoms with E-state index in [9.17, 15) is 0 Å². The highest BCUT2D eigenvalue weighted by Gasteiger charge is 2.27. The predicted molar refractivity (Wildman–Crippen MR) is 73.4 cm³/mol. The topological polar surface area (TPSA) is 37.8 Å². The van der Waals surface area contributed by atoms with Gasteiger partial charge < -0.3 is 5.32 Å². The first-order valence-electron chi connectivity index (χ1n) is 5.64. The van der Waals surface area contributed by atoms with Gasteiger partial charge in [-0.2, -0.15) is 4.37 Å². The van der Waals surface area contributed by atoms with Crippen LogP contribution in [0.3, 0.4) is 0 Å². The molecule has 17 heavy (non-hydrogen) atoms. The van der Waals surface area contributed by atoms with Crippen molar-refractivity contribution >= 4 is 32.6 Å². The van der Waals surface area contributed by atoms with E-state index in [4.69, 9.17) is 0 Å². The molecule has 0 spiro atoms. The van der Waals surface area contributed by atoms with Crippen LogP contribution in [0.5, 0.6) is 0 Å². The summed E-state index contributed by atoms with van der Waals surface area (Å²) in [7, 11) is 0.